The number of urea groups is 1. The van der Waals surface area contributed by atoms with Crippen LogP contribution in [0.15, 0.2) is 48.5 Å². The maximum absolute atomic E-state index is 12.2. The number of amides is 2. The Labute approximate surface area is 159 Å². The van der Waals surface area contributed by atoms with E-state index in [1.54, 1.807) is 19.2 Å². The van der Waals surface area contributed by atoms with Gasteiger partial charge in [0.15, 0.2) is 0 Å². The van der Waals surface area contributed by atoms with Crippen LogP contribution in [0.2, 0.25) is 5.02 Å². The molecule has 2 aromatic rings. The molecule has 2 amide bonds. The molecular weight excluding hydrogens is 350 g/mol. The SMILES string of the molecule is COc1cccc(CN2CCC(NC(=O)Nc3ccccc3Cl)CC2)c1. The Hall–Kier alpha value is -2.24. The Bertz CT molecular complexity index is 745. The monoisotopic (exact) mass is 373 g/mol. The molecule has 2 aromatic carbocycles. The van der Waals surface area contributed by atoms with Crippen LogP contribution in [-0.2, 0) is 6.54 Å². The van der Waals surface area contributed by atoms with E-state index >= 15 is 0 Å². The molecule has 1 aliphatic rings. The fourth-order valence-electron chi connectivity index (χ4n) is 3.17. The van der Waals surface area contributed by atoms with Gasteiger partial charge in [0.25, 0.3) is 0 Å². The van der Waals surface area contributed by atoms with Crippen molar-refractivity contribution < 1.29 is 9.53 Å². The van der Waals surface area contributed by atoms with E-state index in [1.165, 1.54) is 5.56 Å². The summed E-state index contributed by atoms with van der Waals surface area (Å²) < 4.78 is 5.28. The van der Waals surface area contributed by atoms with Gasteiger partial charge in [-0.25, -0.2) is 4.79 Å². The first kappa shape index (κ1) is 18.5. The van der Waals surface area contributed by atoms with Crippen molar-refractivity contribution in [1.29, 1.82) is 0 Å². The fraction of sp³-hybridized carbons (Fsp3) is 0.350. The molecule has 0 bridgehead atoms. The van der Waals surface area contributed by atoms with Gasteiger partial charge >= 0.3 is 6.03 Å². The normalized spacial score (nSPS) is 15.5. The Balaban J connectivity index is 1.44. The zero-order valence-corrected chi connectivity index (χ0v) is 15.6. The van der Waals surface area contributed by atoms with E-state index in [0.717, 1.165) is 38.2 Å². The molecule has 0 saturated carbocycles. The highest BCUT2D eigenvalue weighted by atomic mass is 35.5. The van der Waals surface area contributed by atoms with Gasteiger partial charge in [0.1, 0.15) is 5.75 Å². The molecular formula is C20H24ClN3O2. The lowest BCUT2D eigenvalue weighted by molar-refractivity contribution is 0.189. The van der Waals surface area contributed by atoms with E-state index < -0.39 is 0 Å². The maximum atomic E-state index is 12.2. The number of likely N-dealkylation sites (tertiary alicyclic amines) is 1. The number of methoxy groups -OCH3 is 1. The number of para-hydroxylation sites is 1. The Morgan fingerprint density at radius 2 is 1.96 bits per heavy atom. The minimum Gasteiger partial charge on any atom is -0.497 e. The minimum atomic E-state index is -0.204. The molecule has 3 rings (SSSR count). The van der Waals surface area contributed by atoms with Gasteiger partial charge in [-0.05, 0) is 42.7 Å². The third-order valence-electron chi connectivity index (χ3n) is 4.59. The minimum absolute atomic E-state index is 0.180. The van der Waals surface area contributed by atoms with Crippen LogP contribution in [0, 0.1) is 0 Å². The lowest BCUT2D eigenvalue weighted by atomic mass is 10.0. The second kappa shape index (κ2) is 8.92. The highest BCUT2D eigenvalue weighted by Crippen LogP contribution is 2.21. The summed E-state index contributed by atoms with van der Waals surface area (Å²) in [7, 11) is 1.68. The lowest BCUT2D eigenvalue weighted by Crippen LogP contribution is -2.45. The molecule has 26 heavy (non-hydrogen) atoms. The summed E-state index contributed by atoms with van der Waals surface area (Å²) in [5.74, 6) is 0.885. The summed E-state index contributed by atoms with van der Waals surface area (Å²) in [5, 5.41) is 6.39. The van der Waals surface area contributed by atoms with E-state index in [-0.39, 0.29) is 12.1 Å². The molecule has 0 aromatic heterocycles. The predicted molar refractivity (Wildman–Crippen MR) is 105 cm³/mol. The van der Waals surface area contributed by atoms with Crippen molar-refractivity contribution in [1.82, 2.24) is 10.2 Å². The molecule has 2 N–H and O–H groups in total. The fourth-order valence-corrected chi connectivity index (χ4v) is 3.35. The van der Waals surface area contributed by atoms with Gasteiger partial charge in [-0.15, -0.1) is 0 Å². The molecule has 1 aliphatic heterocycles. The van der Waals surface area contributed by atoms with Gasteiger partial charge in [0, 0.05) is 25.7 Å². The third kappa shape index (κ3) is 5.13. The number of halogens is 1. The second-order valence-corrected chi connectivity index (χ2v) is 6.89. The molecule has 1 fully saturated rings. The first-order valence-corrected chi connectivity index (χ1v) is 9.19. The van der Waals surface area contributed by atoms with Crippen LogP contribution in [0.1, 0.15) is 18.4 Å². The summed E-state index contributed by atoms with van der Waals surface area (Å²) in [6, 6.07) is 15.4. The number of nitrogens with one attached hydrogen (secondary N) is 2. The van der Waals surface area contributed by atoms with Gasteiger partial charge in [0.2, 0.25) is 0 Å². The third-order valence-corrected chi connectivity index (χ3v) is 4.91. The van der Waals surface area contributed by atoms with Gasteiger partial charge < -0.3 is 15.4 Å². The zero-order valence-electron chi connectivity index (χ0n) is 14.9. The number of anilines is 1. The average Bonchev–Trinajstić information content (AvgIpc) is 2.65. The van der Waals surface area contributed by atoms with Crippen LogP contribution in [0.3, 0.4) is 0 Å². The van der Waals surface area contributed by atoms with Crippen LogP contribution in [0.25, 0.3) is 0 Å². The number of nitrogens with zero attached hydrogens (tertiary/aromatic N) is 1. The maximum Gasteiger partial charge on any atom is 0.319 e. The van der Waals surface area contributed by atoms with Crippen molar-refractivity contribution in [2.24, 2.45) is 0 Å². The van der Waals surface area contributed by atoms with E-state index in [1.807, 2.05) is 24.3 Å². The van der Waals surface area contributed by atoms with E-state index in [4.69, 9.17) is 16.3 Å². The van der Waals surface area contributed by atoms with Gasteiger partial charge in [0.05, 0.1) is 17.8 Å². The Morgan fingerprint density at radius 3 is 2.69 bits per heavy atom. The van der Waals surface area contributed by atoms with Crippen molar-refractivity contribution in [3.8, 4) is 5.75 Å². The molecule has 6 heteroatoms. The number of hydrogen-bond donors (Lipinski definition) is 2. The average molecular weight is 374 g/mol. The molecule has 5 nitrogen and oxygen atoms in total. The van der Waals surface area contributed by atoms with Crippen molar-refractivity contribution in [2.45, 2.75) is 25.4 Å². The topological polar surface area (TPSA) is 53.6 Å². The highest BCUT2D eigenvalue weighted by molar-refractivity contribution is 6.33. The molecule has 0 unspecified atom stereocenters. The van der Waals surface area contributed by atoms with E-state index in [0.29, 0.717) is 10.7 Å². The van der Waals surface area contributed by atoms with Gasteiger partial charge in [-0.3, -0.25) is 4.90 Å². The van der Waals surface area contributed by atoms with Crippen molar-refractivity contribution in [3.63, 3.8) is 0 Å². The molecule has 0 atom stereocenters. The number of carbonyl (C=O) groups excluding carboxylic acids is 1. The van der Waals surface area contributed by atoms with Crippen LogP contribution in [0.4, 0.5) is 10.5 Å². The van der Waals surface area contributed by atoms with E-state index in [9.17, 15) is 4.79 Å². The second-order valence-electron chi connectivity index (χ2n) is 6.48. The van der Waals surface area contributed by atoms with Crippen LogP contribution in [0.5, 0.6) is 5.75 Å². The van der Waals surface area contributed by atoms with Crippen LogP contribution >= 0.6 is 11.6 Å². The number of carbonyl (C=O) groups is 1. The number of ether oxygens (including phenoxy) is 1. The highest BCUT2D eigenvalue weighted by Gasteiger charge is 2.21. The summed E-state index contributed by atoms with van der Waals surface area (Å²) >= 11 is 6.07. The van der Waals surface area contributed by atoms with Crippen molar-refractivity contribution in [3.05, 3.63) is 59.1 Å². The number of piperidine rings is 1. The Morgan fingerprint density at radius 1 is 1.19 bits per heavy atom. The zero-order chi connectivity index (χ0) is 18.4. The number of hydrogen-bond acceptors (Lipinski definition) is 3. The standard InChI is InChI=1S/C20H24ClN3O2/c1-26-17-6-4-5-15(13-17)14-24-11-9-16(10-12-24)22-20(25)23-19-8-3-2-7-18(19)21/h2-8,13,16H,9-12,14H2,1H3,(H2,22,23,25). The first-order valence-electron chi connectivity index (χ1n) is 8.81. The Kier molecular flexibility index (Phi) is 6.36. The molecule has 138 valence electrons. The van der Waals surface area contributed by atoms with Crippen molar-refractivity contribution in [2.75, 3.05) is 25.5 Å². The quantitative estimate of drug-likeness (QED) is 0.828. The van der Waals surface area contributed by atoms with E-state index in [2.05, 4.69) is 27.7 Å². The summed E-state index contributed by atoms with van der Waals surface area (Å²) in [4.78, 5) is 14.6. The largest absolute Gasteiger partial charge is 0.497 e. The van der Waals surface area contributed by atoms with Crippen molar-refractivity contribution >= 4 is 23.3 Å². The molecule has 0 spiro atoms. The molecule has 0 radical (unpaired) electrons. The number of benzene rings is 2. The smallest absolute Gasteiger partial charge is 0.319 e. The van der Waals surface area contributed by atoms with Crippen LogP contribution in [-0.4, -0.2) is 37.2 Å². The predicted octanol–water partition coefficient (Wildman–Crippen LogP) is 4.13. The lowest BCUT2D eigenvalue weighted by Gasteiger charge is -2.32. The van der Waals surface area contributed by atoms with Gasteiger partial charge in [-0.2, -0.15) is 0 Å². The first-order chi connectivity index (χ1) is 12.6. The summed E-state index contributed by atoms with van der Waals surface area (Å²) in [5.41, 5.74) is 1.87. The summed E-state index contributed by atoms with van der Waals surface area (Å²) in [6.07, 6.45) is 1.86. The molecule has 1 saturated heterocycles. The molecule has 0 aliphatic carbocycles. The molecule has 1 heterocycles. The van der Waals surface area contributed by atoms with Gasteiger partial charge in [-0.1, -0.05) is 35.9 Å². The number of rotatable bonds is 5. The van der Waals surface area contributed by atoms with Crippen LogP contribution < -0.4 is 15.4 Å². The summed E-state index contributed by atoms with van der Waals surface area (Å²) in [6.45, 7) is 2.80.